The molecule has 1 unspecified atom stereocenters. The largest absolute Gasteiger partial charge is 0.352 e. The normalized spacial score (nSPS) is 24.3. The molecule has 1 aliphatic heterocycles. The van der Waals surface area contributed by atoms with Gasteiger partial charge in [-0.1, -0.05) is 25.7 Å². The molecule has 0 aromatic carbocycles. The fraction of sp³-hybridized carbons (Fsp3) is 0.778. The molecule has 3 rings (SSSR count). The topological polar surface area (TPSA) is 61.0 Å². The van der Waals surface area contributed by atoms with Crippen LogP contribution in [0.15, 0.2) is 12.4 Å². The highest BCUT2D eigenvalue weighted by atomic mass is 16.1. The fourth-order valence-corrected chi connectivity index (χ4v) is 4.05. The molecule has 0 radical (unpaired) electrons. The van der Waals surface area contributed by atoms with Crippen LogP contribution in [-0.2, 0) is 11.2 Å². The van der Waals surface area contributed by atoms with Crippen LogP contribution in [0, 0.1) is 0 Å². The standard InChI is InChI=1S/C18H30N4O/c23-18(10-9-15-12-19-20-13-15)21-16-6-5-11-22(14-16)17-7-3-1-2-4-8-17/h12-13,16-17H,1-11,14H2,(H,19,20)(H,21,23). The van der Waals surface area contributed by atoms with Gasteiger partial charge in [-0.2, -0.15) is 5.10 Å². The summed E-state index contributed by atoms with van der Waals surface area (Å²) >= 11 is 0. The van der Waals surface area contributed by atoms with E-state index >= 15 is 0 Å². The molecule has 1 aromatic heterocycles. The first-order valence-corrected chi connectivity index (χ1v) is 9.32. The lowest BCUT2D eigenvalue weighted by atomic mass is 9.99. The van der Waals surface area contributed by atoms with E-state index in [0.717, 1.165) is 31.0 Å². The van der Waals surface area contributed by atoms with Gasteiger partial charge in [0.25, 0.3) is 0 Å². The second-order valence-corrected chi connectivity index (χ2v) is 7.15. The Morgan fingerprint density at radius 3 is 2.78 bits per heavy atom. The van der Waals surface area contributed by atoms with Crippen LogP contribution >= 0.6 is 0 Å². The fourth-order valence-electron chi connectivity index (χ4n) is 4.05. The third-order valence-corrected chi connectivity index (χ3v) is 5.35. The van der Waals surface area contributed by atoms with Crippen molar-refractivity contribution in [2.45, 2.75) is 76.3 Å². The van der Waals surface area contributed by atoms with Crippen LogP contribution in [0.25, 0.3) is 0 Å². The second-order valence-electron chi connectivity index (χ2n) is 7.15. The zero-order valence-electron chi connectivity index (χ0n) is 14.1. The smallest absolute Gasteiger partial charge is 0.220 e. The van der Waals surface area contributed by atoms with Crippen molar-refractivity contribution in [1.29, 1.82) is 0 Å². The summed E-state index contributed by atoms with van der Waals surface area (Å²) in [7, 11) is 0. The van der Waals surface area contributed by atoms with E-state index in [1.807, 2.05) is 6.20 Å². The van der Waals surface area contributed by atoms with Crippen molar-refractivity contribution in [3.05, 3.63) is 18.0 Å². The first kappa shape index (κ1) is 16.5. The van der Waals surface area contributed by atoms with Crippen molar-refractivity contribution >= 4 is 5.91 Å². The molecule has 1 atom stereocenters. The number of amides is 1. The van der Waals surface area contributed by atoms with E-state index in [-0.39, 0.29) is 5.91 Å². The van der Waals surface area contributed by atoms with Gasteiger partial charge in [0, 0.05) is 31.2 Å². The molecule has 2 heterocycles. The van der Waals surface area contributed by atoms with Gasteiger partial charge < -0.3 is 5.32 Å². The first-order chi connectivity index (χ1) is 11.3. The lowest BCUT2D eigenvalue weighted by Crippen LogP contribution is -2.50. The van der Waals surface area contributed by atoms with Crippen molar-refractivity contribution in [1.82, 2.24) is 20.4 Å². The number of hydrogen-bond donors (Lipinski definition) is 2. The average molecular weight is 318 g/mol. The Hall–Kier alpha value is -1.36. The number of hydrogen-bond acceptors (Lipinski definition) is 3. The summed E-state index contributed by atoms with van der Waals surface area (Å²) in [5.74, 6) is 0.180. The summed E-state index contributed by atoms with van der Waals surface area (Å²) in [6.07, 6.45) is 15.6. The monoisotopic (exact) mass is 318 g/mol. The lowest BCUT2D eigenvalue weighted by molar-refractivity contribution is -0.122. The maximum atomic E-state index is 12.2. The Labute approximate surface area is 139 Å². The van der Waals surface area contributed by atoms with Crippen LogP contribution < -0.4 is 5.32 Å². The van der Waals surface area contributed by atoms with Crippen molar-refractivity contribution in [2.24, 2.45) is 0 Å². The Morgan fingerprint density at radius 2 is 2.04 bits per heavy atom. The number of aromatic amines is 1. The summed E-state index contributed by atoms with van der Waals surface area (Å²) in [5.41, 5.74) is 1.10. The number of carbonyl (C=O) groups is 1. The van der Waals surface area contributed by atoms with E-state index in [9.17, 15) is 4.79 Å². The van der Waals surface area contributed by atoms with Gasteiger partial charge in [0.15, 0.2) is 0 Å². The van der Waals surface area contributed by atoms with Crippen molar-refractivity contribution in [2.75, 3.05) is 13.1 Å². The minimum atomic E-state index is 0.180. The molecule has 1 saturated carbocycles. The first-order valence-electron chi connectivity index (χ1n) is 9.32. The van der Waals surface area contributed by atoms with Crippen molar-refractivity contribution < 1.29 is 4.79 Å². The van der Waals surface area contributed by atoms with Crippen molar-refractivity contribution in [3.8, 4) is 0 Å². The van der Waals surface area contributed by atoms with Crippen LogP contribution in [0.4, 0.5) is 0 Å². The molecule has 23 heavy (non-hydrogen) atoms. The van der Waals surface area contributed by atoms with Crippen LogP contribution in [0.2, 0.25) is 0 Å². The van der Waals surface area contributed by atoms with E-state index in [1.54, 1.807) is 6.20 Å². The number of piperidine rings is 1. The molecule has 1 amide bonds. The van der Waals surface area contributed by atoms with Gasteiger partial charge in [-0.15, -0.1) is 0 Å². The molecular weight excluding hydrogens is 288 g/mol. The van der Waals surface area contributed by atoms with Crippen LogP contribution in [-0.4, -0.2) is 46.2 Å². The molecule has 2 aliphatic rings. The Balaban J connectivity index is 1.43. The molecule has 1 aromatic rings. The predicted molar refractivity (Wildman–Crippen MR) is 91.1 cm³/mol. The van der Waals surface area contributed by atoms with E-state index in [4.69, 9.17) is 0 Å². The second kappa shape index (κ2) is 8.48. The lowest BCUT2D eigenvalue weighted by Gasteiger charge is -2.38. The molecule has 1 aliphatic carbocycles. The van der Waals surface area contributed by atoms with Gasteiger partial charge >= 0.3 is 0 Å². The van der Waals surface area contributed by atoms with E-state index in [1.165, 1.54) is 51.5 Å². The summed E-state index contributed by atoms with van der Waals surface area (Å²) in [6.45, 7) is 2.26. The third-order valence-electron chi connectivity index (χ3n) is 5.35. The van der Waals surface area contributed by atoms with Crippen LogP contribution in [0.5, 0.6) is 0 Å². The maximum absolute atomic E-state index is 12.2. The average Bonchev–Trinajstić information content (AvgIpc) is 2.93. The minimum Gasteiger partial charge on any atom is -0.352 e. The minimum absolute atomic E-state index is 0.180. The number of H-pyrrole nitrogens is 1. The third kappa shape index (κ3) is 5.06. The summed E-state index contributed by atoms with van der Waals surface area (Å²) in [4.78, 5) is 14.8. The number of nitrogens with one attached hydrogen (secondary N) is 2. The molecule has 0 bridgehead atoms. The zero-order valence-corrected chi connectivity index (χ0v) is 14.1. The highest BCUT2D eigenvalue weighted by Crippen LogP contribution is 2.24. The van der Waals surface area contributed by atoms with Gasteiger partial charge in [-0.3, -0.25) is 14.8 Å². The maximum Gasteiger partial charge on any atom is 0.220 e. The number of aryl methyl sites for hydroxylation is 1. The molecule has 128 valence electrons. The van der Waals surface area contributed by atoms with Gasteiger partial charge in [-0.25, -0.2) is 0 Å². The molecule has 2 fully saturated rings. The number of aromatic nitrogens is 2. The summed E-state index contributed by atoms with van der Waals surface area (Å²) < 4.78 is 0. The SMILES string of the molecule is O=C(CCc1cn[nH]c1)NC1CCCN(C2CCCCCC2)C1. The Kier molecular flexibility index (Phi) is 6.08. The Morgan fingerprint density at radius 1 is 1.22 bits per heavy atom. The number of rotatable bonds is 5. The predicted octanol–water partition coefficient (Wildman–Crippen LogP) is 2.65. The highest BCUT2D eigenvalue weighted by molar-refractivity contribution is 5.76. The molecule has 2 N–H and O–H groups in total. The van der Waals surface area contributed by atoms with E-state index < -0.39 is 0 Å². The summed E-state index contributed by atoms with van der Waals surface area (Å²) in [6, 6.07) is 1.09. The van der Waals surface area contributed by atoms with Gasteiger partial charge in [0.2, 0.25) is 5.91 Å². The highest BCUT2D eigenvalue weighted by Gasteiger charge is 2.27. The molecular formula is C18H30N4O. The van der Waals surface area contributed by atoms with Crippen LogP contribution in [0.1, 0.15) is 63.4 Å². The quantitative estimate of drug-likeness (QED) is 0.821. The molecule has 5 heteroatoms. The molecule has 1 saturated heterocycles. The van der Waals surface area contributed by atoms with Crippen LogP contribution in [0.3, 0.4) is 0 Å². The number of likely N-dealkylation sites (tertiary alicyclic amines) is 1. The molecule has 0 spiro atoms. The Bertz CT molecular complexity index is 465. The van der Waals surface area contributed by atoms with Gasteiger partial charge in [-0.05, 0) is 44.2 Å². The number of carbonyl (C=O) groups excluding carboxylic acids is 1. The van der Waals surface area contributed by atoms with Gasteiger partial charge in [0.05, 0.1) is 6.20 Å². The van der Waals surface area contributed by atoms with Gasteiger partial charge in [0.1, 0.15) is 0 Å². The zero-order chi connectivity index (χ0) is 15.9. The number of nitrogens with zero attached hydrogens (tertiary/aromatic N) is 2. The van der Waals surface area contributed by atoms with E-state index in [0.29, 0.717) is 12.5 Å². The summed E-state index contributed by atoms with van der Waals surface area (Å²) in [5, 5.41) is 9.97. The van der Waals surface area contributed by atoms with Crippen molar-refractivity contribution in [3.63, 3.8) is 0 Å². The molecule has 5 nitrogen and oxygen atoms in total. The van der Waals surface area contributed by atoms with E-state index in [2.05, 4.69) is 20.4 Å².